The Kier molecular flexibility index (Phi) is 7.00. The first kappa shape index (κ1) is 27.0. The molecule has 43 heavy (non-hydrogen) atoms. The van der Waals surface area contributed by atoms with Gasteiger partial charge in [0.2, 0.25) is 0 Å². The minimum absolute atomic E-state index is 0.983. The number of aryl methyl sites for hydroxylation is 2. The van der Waals surface area contributed by atoms with E-state index in [1.54, 1.807) is 0 Å². The summed E-state index contributed by atoms with van der Waals surface area (Å²) in [6.45, 7) is 12.8. The van der Waals surface area contributed by atoms with E-state index in [1.807, 2.05) is 0 Å². The predicted octanol–water partition coefficient (Wildman–Crippen LogP) is 9.22. The Labute approximate surface area is 255 Å². The van der Waals surface area contributed by atoms with E-state index in [4.69, 9.17) is 0 Å². The number of benzene rings is 4. The van der Waals surface area contributed by atoms with Crippen LogP contribution in [0.5, 0.6) is 0 Å². The van der Waals surface area contributed by atoms with Crippen molar-refractivity contribution in [2.75, 3.05) is 13.1 Å². The van der Waals surface area contributed by atoms with Gasteiger partial charge in [0.25, 0.3) is 0 Å². The number of rotatable bonds is 6. The lowest BCUT2D eigenvalue weighted by Gasteiger charge is -2.23. The molecule has 0 aliphatic carbocycles. The molecule has 14 rings (SSSR count). The average molecular weight is 569 g/mol. The van der Waals surface area contributed by atoms with Crippen LogP contribution in [0.25, 0.3) is 43.6 Å². The Balaban J connectivity index is 1.40. The SMILES string of the molecule is CCCCN1Cc2ccc3c(c2)c2cc4ccc2n3CCCn2c3ccc(cc3c3cc(ccc32)CN(CCCC)C4)C1. The molecule has 0 spiro atoms. The monoisotopic (exact) mass is 568 g/mol. The summed E-state index contributed by atoms with van der Waals surface area (Å²) >= 11 is 0. The number of aromatic nitrogens is 2. The first-order chi connectivity index (χ1) is 21.2. The fourth-order valence-electron chi connectivity index (χ4n) is 7.88. The Morgan fingerprint density at radius 2 is 0.791 bits per heavy atom. The number of nitrogens with zero attached hydrogens (tertiary/aromatic N) is 4. The molecule has 0 N–H and O–H groups in total. The standard InChI is InChI=1S/C39H44N4/c1-3-5-16-40-24-28-8-12-36-32(20-28)34-22-30-10-14-38(34)42(36)18-7-19-43-37-13-9-29(25-40)21-33(37)35-23-31(11-15-39(35)43)27-41(26-30)17-6-4-2/h8-15,20-23H,3-7,16-19,24-27H2,1-2H3. The first-order valence-corrected chi connectivity index (χ1v) is 16.7. The van der Waals surface area contributed by atoms with Gasteiger partial charge in [-0.2, -0.15) is 0 Å². The third-order valence-electron chi connectivity index (χ3n) is 10.0. The molecule has 14 bridgehead atoms. The third-order valence-corrected chi connectivity index (χ3v) is 10.0. The van der Waals surface area contributed by atoms with Crippen LogP contribution in [0.3, 0.4) is 0 Å². The van der Waals surface area contributed by atoms with Gasteiger partial charge >= 0.3 is 0 Å². The van der Waals surface area contributed by atoms with Crippen LogP contribution in [0.1, 0.15) is 68.2 Å². The van der Waals surface area contributed by atoms with Crippen LogP contribution in [0.2, 0.25) is 0 Å². The highest BCUT2D eigenvalue weighted by Gasteiger charge is 2.19. The molecule has 8 aliphatic heterocycles. The van der Waals surface area contributed by atoms with Gasteiger partial charge in [-0.1, -0.05) is 51.0 Å². The van der Waals surface area contributed by atoms with E-state index in [-0.39, 0.29) is 0 Å². The molecular weight excluding hydrogens is 524 g/mol. The number of hydrogen-bond donors (Lipinski definition) is 0. The molecule has 0 saturated carbocycles. The second-order valence-corrected chi connectivity index (χ2v) is 13.2. The van der Waals surface area contributed by atoms with Gasteiger partial charge in [0.05, 0.1) is 0 Å². The van der Waals surface area contributed by atoms with Crippen molar-refractivity contribution in [3.8, 4) is 0 Å². The van der Waals surface area contributed by atoms with Gasteiger partial charge in [-0.05, 0) is 103 Å². The molecule has 8 aliphatic rings. The van der Waals surface area contributed by atoms with Crippen LogP contribution in [0, 0.1) is 0 Å². The summed E-state index contributed by atoms with van der Waals surface area (Å²) < 4.78 is 5.20. The van der Waals surface area contributed by atoms with Crippen molar-refractivity contribution in [3.63, 3.8) is 0 Å². The van der Waals surface area contributed by atoms with Gasteiger partial charge in [0, 0.05) is 82.9 Å². The van der Waals surface area contributed by atoms with E-state index in [0.717, 1.165) is 58.8 Å². The largest absolute Gasteiger partial charge is 0.340 e. The topological polar surface area (TPSA) is 16.3 Å². The molecule has 4 nitrogen and oxygen atoms in total. The van der Waals surface area contributed by atoms with Crippen molar-refractivity contribution < 1.29 is 0 Å². The van der Waals surface area contributed by atoms with Crippen LogP contribution >= 0.6 is 0 Å². The zero-order valence-corrected chi connectivity index (χ0v) is 25.9. The lowest BCUT2D eigenvalue weighted by molar-refractivity contribution is 0.252. The van der Waals surface area contributed by atoms with E-state index in [0.29, 0.717) is 0 Å². The maximum Gasteiger partial charge on any atom is 0.0491 e. The Morgan fingerprint density at radius 3 is 1.09 bits per heavy atom. The molecule has 0 saturated heterocycles. The van der Waals surface area contributed by atoms with Gasteiger partial charge in [-0.15, -0.1) is 0 Å². The van der Waals surface area contributed by atoms with Crippen LogP contribution < -0.4 is 0 Å². The highest BCUT2D eigenvalue weighted by molar-refractivity contribution is 6.09. The summed E-state index contributed by atoms with van der Waals surface area (Å²) in [5.41, 5.74) is 11.2. The average Bonchev–Trinajstić information content (AvgIpc) is 3.49. The maximum absolute atomic E-state index is 2.67. The highest BCUT2D eigenvalue weighted by Crippen LogP contribution is 2.35. The Hall–Kier alpha value is -3.60. The maximum atomic E-state index is 2.67. The number of unbranched alkanes of at least 4 members (excludes halogenated alkanes) is 2. The Bertz CT molecular complexity index is 1690. The van der Waals surface area contributed by atoms with Crippen molar-refractivity contribution in [1.29, 1.82) is 0 Å². The van der Waals surface area contributed by atoms with Gasteiger partial charge in [-0.25, -0.2) is 0 Å². The summed E-state index contributed by atoms with van der Waals surface area (Å²) in [6.07, 6.45) is 5.99. The van der Waals surface area contributed by atoms with Crippen molar-refractivity contribution in [3.05, 3.63) is 95.1 Å². The van der Waals surface area contributed by atoms with Crippen molar-refractivity contribution in [1.82, 2.24) is 18.9 Å². The smallest absolute Gasteiger partial charge is 0.0491 e. The molecule has 4 aromatic carbocycles. The van der Waals surface area contributed by atoms with Crippen molar-refractivity contribution in [2.24, 2.45) is 0 Å². The summed E-state index contributed by atoms with van der Waals surface area (Å²) in [6, 6.07) is 29.3. The molecule has 0 amide bonds. The van der Waals surface area contributed by atoms with Crippen LogP contribution in [-0.2, 0) is 39.3 Å². The molecule has 220 valence electrons. The molecule has 0 atom stereocenters. The number of hydrogen-bond acceptors (Lipinski definition) is 2. The highest BCUT2D eigenvalue weighted by atomic mass is 15.1. The van der Waals surface area contributed by atoms with E-state index in [2.05, 4.69) is 106 Å². The molecule has 4 heteroatoms. The quantitative estimate of drug-likeness (QED) is 0.199. The minimum atomic E-state index is 0.983. The lowest BCUT2D eigenvalue weighted by atomic mass is 10.0. The van der Waals surface area contributed by atoms with Gasteiger partial charge in [-0.3, -0.25) is 9.80 Å². The summed E-state index contributed by atoms with van der Waals surface area (Å²) in [4.78, 5) is 5.34. The molecule has 0 radical (unpaired) electrons. The van der Waals surface area contributed by atoms with E-state index in [1.165, 1.54) is 91.5 Å². The molecular formula is C39H44N4. The van der Waals surface area contributed by atoms with Crippen LogP contribution in [-0.4, -0.2) is 32.0 Å². The minimum Gasteiger partial charge on any atom is -0.340 e. The summed E-state index contributed by atoms with van der Waals surface area (Å²) in [5, 5.41) is 5.68. The van der Waals surface area contributed by atoms with Crippen LogP contribution in [0.4, 0.5) is 0 Å². The lowest BCUT2D eigenvalue weighted by Crippen LogP contribution is -2.24. The van der Waals surface area contributed by atoms with Gasteiger partial charge in [0.1, 0.15) is 0 Å². The molecule has 10 heterocycles. The second kappa shape index (κ2) is 11.2. The Morgan fingerprint density at radius 1 is 0.465 bits per heavy atom. The molecule has 0 unspecified atom stereocenters. The van der Waals surface area contributed by atoms with Crippen molar-refractivity contribution >= 4 is 43.6 Å². The first-order valence-electron chi connectivity index (χ1n) is 16.7. The molecule has 0 fully saturated rings. The van der Waals surface area contributed by atoms with Gasteiger partial charge < -0.3 is 9.13 Å². The summed E-state index contributed by atoms with van der Waals surface area (Å²) in [5.74, 6) is 0. The zero-order valence-electron chi connectivity index (χ0n) is 25.9. The fraction of sp³-hybridized carbons (Fsp3) is 0.385. The van der Waals surface area contributed by atoms with Crippen molar-refractivity contribution in [2.45, 2.75) is 85.2 Å². The molecule has 6 aromatic rings. The fourth-order valence-corrected chi connectivity index (χ4v) is 7.88. The van der Waals surface area contributed by atoms with E-state index >= 15 is 0 Å². The zero-order chi connectivity index (χ0) is 28.9. The summed E-state index contributed by atoms with van der Waals surface area (Å²) in [7, 11) is 0. The molecule has 2 aromatic heterocycles. The van der Waals surface area contributed by atoms with E-state index in [9.17, 15) is 0 Å². The van der Waals surface area contributed by atoms with Gasteiger partial charge in [0.15, 0.2) is 0 Å². The normalized spacial score (nSPS) is 16.3. The second-order valence-electron chi connectivity index (χ2n) is 13.2. The van der Waals surface area contributed by atoms with Crippen LogP contribution in [0.15, 0.2) is 72.8 Å². The predicted molar refractivity (Wildman–Crippen MR) is 182 cm³/mol. The third kappa shape index (κ3) is 4.85. The van der Waals surface area contributed by atoms with E-state index < -0.39 is 0 Å².